The van der Waals surface area contributed by atoms with E-state index in [1.807, 2.05) is 26.0 Å². The van der Waals surface area contributed by atoms with E-state index in [4.69, 9.17) is 4.74 Å². The zero-order valence-electron chi connectivity index (χ0n) is 17.0. The predicted molar refractivity (Wildman–Crippen MR) is 113 cm³/mol. The van der Waals surface area contributed by atoms with Crippen LogP contribution in [0, 0.1) is 6.92 Å². The van der Waals surface area contributed by atoms with Gasteiger partial charge in [0.05, 0.1) is 35.1 Å². The third-order valence-electron chi connectivity index (χ3n) is 4.90. The van der Waals surface area contributed by atoms with Crippen molar-refractivity contribution in [3.8, 4) is 11.5 Å². The van der Waals surface area contributed by atoms with Gasteiger partial charge in [-0.15, -0.1) is 0 Å². The van der Waals surface area contributed by atoms with Gasteiger partial charge >= 0.3 is 0 Å². The molecule has 0 bridgehead atoms. The lowest BCUT2D eigenvalue weighted by molar-refractivity contribution is -0.127. The van der Waals surface area contributed by atoms with Gasteiger partial charge in [0, 0.05) is 18.0 Å². The minimum Gasteiger partial charge on any atom is -0.369 e. The number of ether oxygens (including phenoxy) is 1. The average molecular weight is 430 g/mol. The number of aryl methyl sites for hydroxylation is 1. The first-order valence-corrected chi connectivity index (χ1v) is 11.7. The van der Waals surface area contributed by atoms with E-state index in [9.17, 15) is 13.2 Å². The number of aromatic amines is 1. The molecule has 0 unspecified atom stereocenters. The molecule has 3 aromatic heterocycles. The van der Waals surface area contributed by atoms with E-state index in [0.717, 1.165) is 23.0 Å². The number of fused-ring (bicyclic) bond motifs is 1. The van der Waals surface area contributed by atoms with Crippen molar-refractivity contribution in [3.63, 3.8) is 0 Å². The van der Waals surface area contributed by atoms with Crippen LogP contribution in [0.25, 0.3) is 22.6 Å². The summed E-state index contributed by atoms with van der Waals surface area (Å²) in [5.74, 6) is 0.177. The van der Waals surface area contributed by atoms with Crippen molar-refractivity contribution in [2.24, 2.45) is 0 Å². The summed E-state index contributed by atoms with van der Waals surface area (Å²) < 4.78 is 29.2. The molecule has 1 aliphatic rings. The van der Waals surface area contributed by atoms with Gasteiger partial charge in [-0.3, -0.25) is 9.69 Å². The standard InChI is InChI=1S/C20H23N5O4S/c1-4-14-9-29-10-19(26)25(14)18-8-13(11-30(3,27)28)22-20(24-18)16-6-5-15-17(23-16)7-12(2)21-15/h5-8,14,21H,4,9-11H2,1-3H3/t14-/m0/s1. The van der Waals surface area contributed by atoms with Crippen molar-refractivity contribution in [1.82, 2.24) is 19.9 Å². The minimum absolute atomic E-state index is 0.0376. The average Bonchev–Trinajstić information content (AvgIpc) is 3.05. The number of amides is 1. The van der Waals surface area contributed by atoms with Gasteiger partial charge in [0.15, 0.2) is 15.7 Å². The molecular weight excluding hydrogens is 406 g/mol. The fraction of sp³-hybridized carbons (Fsp3) is 0.400. The first-order valence-electron chi connectivity index (χ1n) is 9.65. The highest BCUT2D eigenvalue weighted by atomic mass is 32.2. The third kappa shape index (κ3) is 4.19. The Bertz CT molecular complexity index is 1220. The van der Waals surface area contributed by atoms with Crippen LogP contribution >= 0.6 is 0 Å². The van der Waals surface area contributed by atoms with Crippen LogP contribution in [0.1, 0.15) is 24.7 Å². The fourth-order valence-electron chi connectivity index (χ4n) is 3.58. The molecule has 1 N–H and O–H groups in total. The molecular formula is C20H23N5O4S. The number of carbonyl (C=O) groups is 1. The van der Waals surface area contributed by atoms with Crippen molar-refractivity contribution >= 4 is 32.6 Å². The maximum Gasteiger partial charge on any atom is 0.254 e. The summed E-state index contributed by atoms with van der Waals surface area (Å²) in [5, 5.41) is 0. The lowest BCUT2D eigenvalue weighted by Gasteiger charge is -2.34. The number of nitrogens with zero attached hydrogens (tertiary/aromatic N) is 4. The highest BCUT2D eigenvalue weighted by molar-refractivity contribution is 7.89. The Morgan fingerprint density at radius 3 is 2.77 bits per heavy atom. The van der Waals surface area contributed by atoms with Crippen molar-refractivity contribution in [2.45, 2.75) is 32.1 Å². The van der Waals surface area contributed by atoms with Crippen LogP contribution in [0.15, 0.2) is 24.3 Å². The van der Waals surface area contributed by atoms with Gasteiger partial charge in [-0.05, 0) is 31.5 Å². The Balaban J connectivity index is 1.85. The SMILES string of the molecule is CC[C@H]1COCC(=O)N1c1cc(CS(C)(=O)=O)nc(-c2ccc3[nH]c(C)cc3n2)n1. The molecule has 4 rings (SSSR count). The quantitative estimate of drug-likeness (QED) is 0.659. The highest BCUT2D eigenvalue weighted by Gasteiger charge is 2.31. The number of morpholine rings is 1. The molecule has 0 aliphatic carbocycles. The molecule has 0 aromatic carbocycles. The summed E-state index contributed by atoms with van der Waals surface area (Å²) in [6.07, 6.45) is 1.83. The lowest BCUT2D eigenvalue weighted by atomic mass is 10.1. The summed E-state index contributed by atoms with van der Waals surface area (Å²) in [6, 6.07) is 6.96. The summed E-state index contributed by atoms with van der Waals surface area (Å²) in [5.41, 5.74) is 3.45. The molecule has 9 nitrogen and oxygen atoms in total. The summed E-state index contributed by atoms with van der Waals surface area (Å²) in [6.45, 7) is 4.26. The number of hydrogen-bond donors (Lipinski definition) is 1. The minimum atomic E-state index is -3.33. The Labute approximate surface area is 174 Å². The highest BCUT2D eigenvalue weighted by Crippen LogP contribution is 2.26. The maximum absolute atomic E-state index is 12.6. The number of pyridine rings is 1. The molecule has 4 heterocycles. The molecule has 3 aromatic rings. The second-order valence-electron chi connectivity index (χ2n) is 7.53. The van der Waals surface area contributed by atoms with Crippen molar-refractivity contribution in [3.05, 3.63) is 35.7 Å². The van der Waals surface area contributed by atoms with Crippen LogP contribution in [0.4, 0.5) is 5.82 Å². The zero-order chi connectivity index (χ0) is 21.5. The molecule has 1 aliphatic heterocycles. The van der Waals surface area contributed by atoms with Crippen molar-refractivity contribution in [2.75, 3.05) is 24.4 Å². The van der Waals surface area contributed by atoms with E-state index in [2.05, 4.69) is 19.9 Å². The van der Waals surface area contributed by atoms with Crippen LogP contribution in [0.5, 0.6) is 0 Å². The second-order valence-corrected chi connectivity index (χ2v) is 9.67. The van der Waals surface area contributed by atoms with Gasteiger partial charge in [-0.25, -0.2) is 23.4 Å². The normalized spacial score (nSPS) is 17.6. The monoisotopic (exact) mass is 429 g/mol. The molecule has 10 heteroatoms. The molecule has 1 fully saturated rings. The predicted octanol–water partition coefficient (Wildman–Crippen LogP) is 2.01. The van der Waals surface area contributed by atoms with Gasteiger partial charge in [-0.1, -0.05) is 6.92 Å². The molecule has 158 valence electrons. The van der Waals surface area contributed by atoms with E-state index in [1.54, 1.807) is 17.0 Å². The van der Waals surface area contributed by atoms with Crippen LogP contribution in [0.3, 0.4) is 0 Å². The molecule has 0 spiro atoms. The molecule has 30 heavy (non-hydrogen) atoms. The number of sulfone groups is 1. The van der Waals surface area contributed by atoms with Crippen LogP contribution in [0.2, 0.25) is 0 Å². The van der Waals surface area contributed by atoms with Crippen LogP contribution in [-0.4, -0.2) is 59.8 Å². The Hall–Kier alpha value is -2.85. The third-order valence-corrected chi connectivity index (χ3v) is 5.72. The first-order chi connectivity index (χ1) is 14.2. The van der Waals surface area contributed by atoms with E-state index in [1.165, 1.54) is 0 Å². The molecule has 0 radical (unpaired) electrons. The van der Waals surface area contributed by atoms with Gasteiger partial charge in [0.1, 0.15) is 18.1 Å². The maximum atomic E-state index is 12.6. The first kappa shape index (κ1) is 20.4. The van der Waals surface area contributed by atoms with E-state index >= 15 is 0 Å². The molecule has 1 atom stereocenters. The lowest BCUT2D eigenvalue weighted by Crippen LogP contribution is -2.49. The van der Waals surface area contributed by atoms with Crippen molar-refractivity contribution in [1.29, 1.82) is 0 Å². The Morgan fingerprint density at radius 1 is 1.23 bits per heavy atom. The number of aromatic nitrogens is 4. The summed E-state index contributed by atoms with van der Waals surface area (Å²) in [7, 11) is -3.33. The fourth-order valence-corrected chi connectivity index (χ4v) is 4.26. The number of anilines is 1. The topological polar surface area (TPSA) is 118 Å². The van der Waals surface area contributed by atoms with Gasteiger partial charge in [-0.2, -0.15) is 0 Å². The van der Waals surface area contributed by atoms with Gasteiger partial charge in [0.2, 0.25) is 0 Å². The van der Waals surface area contributed by atoms with E-state index in [-0.39, 0.29) is 30.1 Å². The number of H-pyrrole nitrogens is 1. The Kier molecular flexibility index (Phi) is 5.29. The van der Waals surface area contributed by atoms with Crippen LogP contribution in [-0.2, 0) is 25.1 Å². The summed E-state index contributed by atoms with van der Waals surface area (Å²) >= 11 is 0. The number of rotatable bonds is 5. The number of nitrogens with one attached hydrogen (secondary N) is 1. The Morgan fingerprint density at radius 2 is 2.03 bits per heavy atom. The molecule has 0 saturated carbocycles. The van der Waals surface area contributed by atoms with Gasteiger partial charge < -0.3 is 9.72 Å². The van der Waals surface area contributed by atoms with Crippen LogP contribution < -0.4 is 4.90 Å². The van der Waals surface area contributed by atoms with E-state index in [0.29, 0.717) is 30.2 Å². The molecule has 1 saturated heterocycles. The molecule has 1 amide bonds. The van der Waals surface area contributed by atoms with E-state index < -0.39 is 9.84 Å². The van der Waals surface area contributed by atoms with Crippen molar-refractivity contribution < 1.29 is 17.9 Å². The largest absolute Gasteiger partial charge is 0.369 e. The smallest absolute Gasteiger partial charge is 0.254 e. The van der Waals surface area contributed by atoms with Gasteiger partial charge in [0.25, 0.3) is 5.91 Å². The second kappa shape index (κ2) is 7.77. The summed E-state index contributed by atoms with van der Waals surface area (Å²) in [4.78, 5) is 31.0. The zero-order valence-corrected chi connectivity index (χ0v) is 17.9. The number of hydrogen-bond acceptors (Lipinski definition) is 7. The number of carbonyl (C=O) groups excluding carboxylic acids is 1.